The van der Waals surface area contributed by atoms with Crippen molar-refractivity contribution in [2.45, 2.75) is 6.18 Å². The topological polar surface area (TPSA) is 0 Å². The average molecular weight is 497 g/mol. The lowest BCUT2D eigenvalue weighted by Gasteiger charge is -2.12. The van der Waals surface area contributed by atoms with Crippen molar-refractivity contribution in [3.8, 4) is 23.7 Å². The van der Waals surface area contributed by atoms with Gasteiger partial charge < -0.3 is 0 Å². The predicted molar refractivity (Wildman–Crippen MR) is 149 cm³/mol. The van der Waals surface area contributed by atoms with E-state index in [1.54, 1.807) is 0 Å². The van der Waals surface area contributed by atoms with Gasteiger partial charge >= 0.3 is 6.18 Å². The van der Waals surface area contributed by atoms with Gasteiger partial charge in [-0.3, -0.25) is 0 Å². The first-order valence-corrected chi connectivity index (χ1v) is 12.1. The Labute approximate surface area is 218 Å². The van der Waals surface area contributed by atoms with Gasteiger partial charge in [0, 0.05) is 22.3 Å². The molecule has 0 heterocycles. The van der Waals surface area contributed by atoms with E-state index < -0.39 is 11.7 Å². The molecule has 0 saturated carbocycles. The monoisotopic (exact) mass is 496 g/mol. The standard InChI is InChI=1S/C35H19F3/c36-35(37,38)28-18-14-25(15-19-28)17-21-32-30-13-7-6-12-29(30)31(20-16-24-8-2-1-3-9-24)33-22-26-10-4-5-11-27(26)23-34(32)33/h1-15,18-19,22-23H. The summed E-state index contributed by atoms with van der Waals surface area (Å²) in [6.45, 7) is 0. The van der Waals surface area contributed by atoms with Crippen molar-refractivity contribution in [2.24, 2.45) is 0 Å². The van der Waals surface area contributed by atoms with Crippen molar-refractivity contribution in [1.29, 1.82) is 0 Å². The average Bonchev–Trinajstić information content (AvgIpc) is 2.94. The fourth-order valence-electron chi connectivity index (χ4n) is 4.67. The summed E-state index contributed by atoms with van der Waals surface area (Å²) in [6, 6.07) is 35.3. The van der Waals surface area contributed by atoms with Crippen LogP contribution in [0.15, 0.2) is 115 Å². The second-order valence-corrected chi connectivity index (χ2v) is 8.98. The fraction of sp³-hybridized carbons (Fsp3) is 0.0286. The summed E-state index contributed by atoms with van der Waals surface area (Å²) in [6.07, 6.45) is -4.38. The van der Waals surface area contributed by atoms with Gasteiger partial charge in [-0.2, -0.15) is 13.2 Å². The lowest BCUT2D eigenvalue weighted by Crippen LogP contribution is -2.04. The van der Waals surface area contributed by atoms with E-state index >= 15 is 0 Å². The minimum atomic E-state index is -4.38. The summed E-state index contributed by atoms with van der Waals surface area (Å²) in [4.78, 5) is 0. The minimum Gasteiger partial charge on any atom is -0.166 e. The van der Waals surface area contributed by atoms with Crippen molar-refractivity contribution >= 4 is 32.3 Å². The Morgan fingerprint density at radius 2 is 0.868 bits per heavy atom. The van der Waals surface area contributed by atoms with Crippen molar-refractivity contribution in [1.82, 2.24) is 0 Å². The van der Waals surface area contributed by atoms with Crippen LogP contribution in [0.25, 0.3) is 32.3 Å². The third-order valence-electron chi connectivity index (χ3n) is 6.54. The van der Waals surface area contributed by atoms with E-state index in [0.29, 0.717) is 5.56 Å². The molecule has 6 aromatic carbocycles. The van der Waals surface area contributed by atoms with Crippen molar-refractivity contribution in [3.63, 3.8) is 0 Å². The Bertz CT molecular complexity index is 1940. The van der Waals surface area contributed by atoms with Gasteiger partial charge in [-0.15, -0.1) is 0 Å². The van der Waals surface area contributed by atoms with Crippen LogP contribution >= 0.6 is 0 Å². The van der Waals surface area contributed by atoms with Crippen LogP contribution in [0.4, 0.5) is 13.2 Å². The molecule has 0 N–H and O–H groups in total. The zero-order valence-corrected chi connectivity index (χ0v) is 20.1. The first kappa shape index (κ1) is 23.4. The molecular weight excluding hydrogens is 477 g/mol. The van der Waals surface area contributed by atoms with E-state index in [4.69, 9.17) is 0 Å². The number of hydrogen-bond donors (Lipinski definition) is 0. The highest BCUT2D eigenvalue weighted by atomic mass is 19.4. The maximum absolute atomic E-state index is 13.0. The van der Waals surface area contributed by atoms with Gasteiger partial charge in [0.1, 0.15) is 0 Å². The van der Waals surface area contributed by atoms with E-state index in [1.165, 1.54) is 12.1 Å². The molecule has 0 unspecified atom stereocenters. The normalized spacial score (nSPS) is 11.1. The maximum atomic E-state index is 13.0. The Balaban J connectivity index is 1.62. The lowest BCUT2D eigenvalue weighted by atomic mass is 9.90. The molecule has 6 aromatic rings. The third kappa shape index (κ3) is 4.47. The van der Waals surface area contributed by atoms with Gasteiger partial charge in [0.15, 0.2) is 0 Å². The van der Waals surface area contributed by atoms with E-state index in [2.05, 4.69) is 47.9 Å². The largest absolute Gasteiger partial charge is 0.416 e. The molecule has 0 atom stereocenters. The molecule has 0 amide bonds. The predicted octanol–water partition coefficient (Wildman–Crippen LogP) is 8.96. The van der Waals surface area contributed by atoms with Gasteiger partial charge in [0.25, 0.3) is 0 Å². The van der Waals surface area contributed by atoms with Crippen LogP contribution in [0.2, 0.25) is 0 Å². The molecule has 0 nitrogen and oxygen atoms in total. The van der Waals surface area contributed by atoms with Crippen LogP contribution in [0.5, 0.6) is 0 Å². The van der Waals surface area contributed by atoms with Crippen LogP contribution in [-0.2, 0) is 6.18 Å². The molecule has 3 heteroatoms. The highest BCUT2D eigenvalue weighted by Crippen LogP contribution is 2.35. The first-order valence-electron chi connectivity index (χ1n) is 12.1. The Kier molecular flexibility index (Phi) is 5.83. The van der Waals surface area contributed by atoms with Gasteiger partial charge in [-0.05, 0) is 80.8 Å². The van der Waals surface area contributed by atoms with Crippen LogP contribution in [0.1, 0.15) is 27.8 Å². The summed E-state index contributed by atoms with van der Waals surface area (Å²) in [5.74, 6) is 13.1. The van der Waals surface area contributed by atoms with Gasteiger partial charge in [-0.25, -0.2) is 0 Å². The minimum absolute atomic E-state index is 0.518. The van der Waals surface area contributed by atoms with Crippen LogP contribution in [-0.4, -0.2) is 0 Å². The van der Waals surface area contributed by atoms with Crippen molar-refractivity contribution in [2.75, 3.05) is 0 Å². The zero-order valence-electron chi connectivity index (χ0n) is 20.1. The summed E-state index contributed by atoms with van der Waals surface area (Å²) >= 11 is 0. The summed E-state index contributed by atoms with van der Waals surface area (Å²) in [5, 5.41) is 6.05. The number of fused-ring (bicyclic) bond motifs is 3. The maximum Gasteiger partial charge on any atom is 0.416 e. The molecule has 0 spiro atoms. The lowest BCUT2D eigenvalue weighted by molar-refractivity contribution is -0.137. The van der Waals surface area contributed by atoms with E-state index in [9.17, 15) is 13.2 Å². The molecular formula is C35H19F3. The molecule has 0 bridgehead atoms. The van der Waals surface area contributed by atoms with E-state index in [0.717, 1.165) is 61.1 Å². The molecule has 0 saturated heterocycles. The highest BCUT2D eigenvalue weighted by molar-refractivity contribution is 6.13. The molecule has 6 rings (SSSR count). The quantitative estimate of drug-likeness (QED) is 0.145. The Hall–Kier alpha value is -4.99. The Morgan fingerprint density at radius 3 is 1.37 bits per heavy atom. The highest BCUT2D eigenvalue weighted by Gasteiger charge is 2.29. The number of benzene rings is 6. The number of alkyl halides is 3. The van der Waals surface area contributed by atoms with Crippen molar-refractivity contribution < 1.29 is 13.2 Å². The number of halogens is 3. The molecule has 0 aromatic heterocycles. The molecule has 180 valence electrons. The Morgan fingerprint density at radius 1 is 0.421 bits per heavy atom. The summed E-state index contributed by atoms with van der Waals surface area (Å²) in [5.41, 5.74) is 2.50. The SMILES string of the molecule is FC(F)(F)c1ccc(C#Cc2c3ccccc3c(C#Cc3ccccc3)c3cc4ccccc4cc23)cc1. The second-order valence-electron chi connectivity index (χ2n) is 8.98. The van der Waals surface area contributed by atoms with Crippen LogP contribution in [0, 0.1) is 23.7 Å². The van der Waals surface area contributed by atoms with Crippen LogP contribution < -0.4 is 0 Å². The molecule has 38 heavy (non-hydrogen) atoms. The molecule has 0 radical (unpaired) electrons. The third-order valence-corrected chi connectivity index (χ3v) is 6.54. The van der Waals surface area contributed by atoms with E-state index in [1.807, 2.05) is 66.7 Å². The van der Waals surface area contributed by atoms with Crippen molar-refractivity contribution in [3.05, 3.63) is 143 Å². The molecule has 0 aliphatic rings. The smallest absolute Gasteiger partial charge is 0.166 e. The van der Waals surface area contributed by atoms with Gasteiger partial charge in [0.05, 0.1) is 5.56 Å². The van der Waals surface area contributed by atoms with Gasteiger partial charge in [-0.1, -0.05) is 90.4 Å². The number of rotatable bonds is 0. The number of hydrogen-bond acceptors (Lipinski definition) is 0. The zero-order chi connectivity index (χ0) is 26.1. The molecule has 0 fully saturated rings. The second kappa shape index (κ2) is 9.47. The summed E-state index contributed by atoms with van der Waals surface area (Å²) in [7, 11) is 0. The van der Waals surface area contributed by atoms with Crippen LogP contribution in [0.3, 0.4) is 0 Å². The molecule has 0 aliphatic carbocycles. The molecule has 0 aliphatic heterocycles. The fourth-order valence-corrected chi connectivity index (χ4v) is 4.67. The summed E-state index contributed by atoms with van der Waals surface area (Å²) < 4.78 is 39.0. The van der Waals surface area contributed by atoms with Gasteiger partial charge in [0.2, 0.25) is 0 Å². The first-order chi connectivity index (χ1) is 18.5. The van der Waals surface area contributed by atoms with E-state index in [-0.39, 0.29) is 0 Å².